The first-order valence-electron chi connectivity index (χ1n) is 7.44. The van der Waals surface area contributed by atoms with E-state index in [0.29, 0.717) is 18.6 Å². The molecule has 0 N–H and O–H groups in total. The molecule has 0 aromatic carbocycles. The van der Waals surface area contributed by atoms with Gasteiger partial charge in [0.2, 0.25) is 0 Å². The Hall–Kier alpha value is -1.05. The highest BCUT2D eigenvalue weighted by molar-refractivity contribution is 7.87. The lowest BCUT2D eigenvalue weighted by atomic mass is 9.91. The number of carbonyl (C=O) groups is 1. The second kappa shape index (κ2) is 6.45. The summed E-state index contributed by atoms with van der Waals surface area (Å²) >= 11 is 0. The van der Waals surface area contributed by atoms with E-state index in [2.05, 4.69) is 4.18 Å². The van der Waals surface area contributed by atoms with Crippen LogP contribution in [0, 0.1) is 10.8 Å². The van der Waals surface area contributed by atoms with E-state index in [1.54, 1.807) is 13.8 Å². The van der Waals surface area contributed by atoms with E-state index in [4.69, 9.17) is 0 Å². The van der Waals surface area contributed by atoms with Gasteiger partial charge in [0, 0.05) is 17.3 Å². The van der Waals surface area contributed by atoms with Crippen molar-refractivity contribution in [3.05, 3.63) is 11.8 Å². The van der Waals surface area contributed by atoms with Crippen molar-refractivity contribution in [2.45, 2.75) is 65.3 Å². The third-order valence-corrected chi connectivity index (χ3v) is 5.18. The van der Waals surface area contributed by atoms with Crippen LogP contribution in [0.15, 0.2) is 11.8 Å². The third kappa shape index (κ3) is 4.96. The Labute approximate surface area is 135 Å². The third-order valence-electron chi connectivity index (χ3n) is 4.21. The van der Waals surface area contributed by atoms with Crippen LogP contribution in [0.3, 0.4) is 0 Å². The first-order valence-corrected chi connectivity index (χ1v) is 8.85. The van der Waals surface area contributed by atoms with Crippen LogP contribution in [0.2, 0.25) is 0 Å². The van der Waals surface area contributed by atoms with Gasteiger partial charge >= 0.3 is 15.6 Å². The number of ketones is 1. The molecule has 134 valence electrons. The van der Waals surface area contributed by atoms with Gasteiger partial charge in [-0.25, -0.2) is 0 Å². The van der Waals surface area contributed by atoms with Crippen molar-refractivity contribution < 1.29 is 30.6 Å². The van der Waals surface area contributed by atoms with Crippen LogP contribution in [-0.2, 0) is 19.1 Å². The van der Waals surface area contributed by atoms with Gasteiger partial charge in [0.25, 0.3) is 0 Å². The molecule has 0 amide bonds. The van der Waals surface area contributed by atoms with Crippen molar-refractivity contribution in [3.8, 4) is 0 Å². The zero-order valence-corrected chi connectivity index (χ0v) is 14.6. The Morgan fingerprint density at radius 1 is 1.09 bits per heavy atom. The number of carbonyl (C=O) groups excluding carboxylic acids is 1. The SMILES string of the molecule is CC1(C)CCC=C1OS(=O)(=O)C(F)(F)F.CC1(C)CCCC1=O. The van der Waals surface area contributed by atoms with Gasteiger partial charge in [-0.1, -0.05) is 27.7 Å². The first kappa shape index (κ1) is 20.0. The Morgan fingerprint density at radius 2 is 1.65 bits per heavy atom. The largest absolute Gasteiger partial charge is 0.534 e. The summed E-state index contributed by atoms with van der Waals surface area (Å²) in [5.41, 5.74) is -6.01. The second-order valence-corrected chi connectivity index (χ2v) is 8.67. The van der Waals surface area contributed by atoms with Gasteiger partial charge in [0.05, 0.1) is 0 Å². The van der Waals surface area contributed by atoms with Crippen molar-refractivity contribution in [1.29, 1.82) is 0 Å². The van der Waals surface area contributed by atoms with E-state index in [9.17, 15) is 26.4 Å². The van der Waals surface area contributed by atoms with E-state index in [1.165, 1.54) is 6.08 Å². The number of alkyl halides is 3. The minimum absolute atomic E-state index is 0.0139. The predicted molar refractivity (Wildman–Crippen MR) is 79.8 cm³/mol. The van der Waals surface area contributed by atoms with Crippen LogP contribution in [0.1, 0.15) is 59.8 Å². The van der Waals surface area contributed by atoms with E-state index in [1.807, 2.05) is 13.8 Å². The molecule has 0 aromatic heterocycles. The molecule has 2 aliphatic carbocycles. The van der Waals surface area contributed by atoms with E-state index < -0.39 is 21.0 Å². The number of rotatable bonds is 2. The highest BCUT2D eigenvalue weighted by Crippen LogP contribution is 2.41. The van der Waals surface area contributed by atoms with Crippen molar-refractivity contribution in [1.82, 2.24) is 0 Å². The zero-order valence-electron chi connectivity index (χ0n) is 13.8. The van der Waals surface area contributed by atoms with Crippen LogP contribution in [0.4, 0.5) is 13.2 Å². The molecule has 0 radical (unpaired) electrons. The summed E-state index contributed by atoms with van der Waals surface area (Å²) in [5, 5.41) is 0. The molecule has 1 fully saturated rings. The van der Waals surface area contributed by atoms with Gasteiger partial charge < -0.3 is 4.18 Å². The fraction of sp³-hybridized carbons (Fsp3) is 0.800. The van der Waals surface area contributed by atoms with E-state index in [0.717, 1.165) is 19.3 Å². The van der Waals surface area contributed by atoms with Crippen LogP contribution in [0.5, 0.6) is 0 Å². The summed E-state index contributed by atoms with van der Waals surface area (Å²) in [6, 6.07) is 0. The molecule has 8 heteroatoms. The number of hydrogen-bond donors (Lipinski definition) is 0. The van der Waals surface area contributed by atoms with Crippen molar-refractivity contribution in [2.24, 2.45) is 10.8 Å². The standard InChI is InChI=1S/C8H11F3O3S.C7H12O/c1-7(2)5-3-4-6(7)14-15(12,13)8(9,10)11;1-7(2)5-3-4-6(7)8/h4H,3,5H2,1-2H3;3-5H2,1-2H3. The Bertz CT molecular complexity index is 586. The normalized spacial score (nSPS) is 23.1. The predicted octanol–water partition coefficient (Wildman–Crippen LogP) is 4.32. The van der Waals surface area contributed by atoms with Crippen LogP contribution in [-0.4, -0.2) is 19.7 Å². The minimum Gasteiger partial charge on any atom is -0.380 e. The Morgan fingerprint density at radius 3 is 1.91 bits per heavy atom. The molecule has 4 nitrogen and oxygen atoms in total. The molecule has 23 heavy (non-hydrogen) atoms. The average molecular weight is 356 g/mol. The molecular weight excluding hydrogens is 333 g/mol. The van der Waals surface area contributed by atoms with Crippen molar-refractivity contribution in [3.63, 3.8) is 0 Å². The van der Waals surface area contributed by atoms with Crippen molar-refractivity contribution in [2.75, 3.05) is 0 Å². The smallest absolute Gasteiger partial charge is 0.380 e. The molecule has 0 atom stereocenters. The number of hydrogen-bond acceptors (Lipinski definition) is 4. The number of allylic oxidation sites excluding steroid dienone is 2. The molecule has 0 saturated heterocycles. The second-order valence-electron chi connectivity index (χ2n) is 7.13. The number of Topliss-reactive ketones (excluding diaryl/α,β-unsaturated/α-hetero) is 1. The maximum absolute atomic E-state index is 12.0. The number of halogens is 3. The molecule has 2 aliphatic rings. The highest BCUT2D eigenvalue weighted by Gasteiger charge is 2.50. The molecule has 0 bridgehead atoms. The molecule has 0 heterocycles. The lowest BCUT2D eigenvalue weighted by molar-refractivity contribution is -0.124. The van der Waals surface area contributed by atoms with Gasteiger partial charge in [0.15, 0.2) is 0 Å². The monoisotopic (exact) mass is 356 g/mol. The molecule has 0 spiro atoms. The molecule has 0 aliphatic heterocycles. The molecule has 1 saturated carbocycles. The van der Waals surface area contributed by atoms with Gasteiger partial charge in [0.1, 0.15) is 11.5 Å². The Kier molecular flexibility index (Phi) is 5.61. The quantitative estimate of drug-likeness (QED) is 0.546. The topological polar surface area (TPSA) is 60.4 Å². The lowest BCUT2D eigenvalue weighted by Crippen LogP contribution is -2.27. The molecule has 0 aromatic rings. The summed E-state index contributed by atoms with van der Waals surface area (Å²) in [6.07, 6.45) is 5.49. The minimum atomic E-state index is -5.52. The summed E-state index contributed by atoms with van der Waals surface area (Å²) in [4.78, 5) is 10.9. The summed E-state index contributed by atoms with van der Waals surface area (Å²) in [7, 11) is -5.52. The molecule has 2 rings (SSSR count). The van der Waals surface area contributed by atoms with Gasteiger partial charge in [-0.3, -0.25) is 4.79 Å². The summed E-state index contributed by atoms with van der Waals surface area (Å²) in [6.45, 7) is 7.33. The molecule has 0 unspecified atom stereocenters. The average Bonchev–Trinajstić information content (AvgIpc) is 2.82. The van der Waals surface area contributed by atoms with Gasteiger partial charge in [-0.2, -0.15) is 21.6 Å². The highest BCUT2D eigenvalue weighted by atomic mass is 32.2. The van der Waals surface area contributed by atoms with E-state index >= 15 is 0 Å². The maximum atomic E-state index is 12.0. The van der Waals surface area contributed by atoms with Crippen LogP contribution in [0.25, 0.3) is 0 Å². The fourth-order valence-electron chi connectivity index (χ4n) is 2.44. The van der Waals surface area contributed by atoms with Crippen molar-refractivity contribution >= 4 is 15.9 Å². The van der Waals surface area contributed by atoms with Crippen LogP contribution >= 0.6 is 0 Å². The summed E-state index contributed by atoms with van der Waals surface area (Å²) in [5.74, 6) is 0.317. The van der Waals surface area contributed by atoms with Gasteiger partial charge in [-0.05, 0) is 31.8 Å². The van der Waals surface area contributed by atoms with Crippen LogP contribution < -0.4 is 0 Å². The summed E-state index contributed by atoms with van der Waals surface area (Å²) < 4.78 is 61.5. The Balaban J connectivity index is 0.000000277. The zero-order chi connectivity index (χ0) is 18.1. The first-order chi connectivity index (χ1) is 10.2. The van der Waals surface area contributed by atoms with E-state index in [-0.39, 0.29) is 11.2 Å². The molecular formula is C15H23F3O4S. The van der Waals surface area contributed by atoms with Gasteiger partial charge in [-0.15, -0.1) is 0 Å². The lowest BCUT2D eigenvalue weighted by Gasteiger charge is -2.22. The maximum Gasteiger partial charge on any atom is 0.534 e. The fourth-order valence-corrected chi connectivity index (χ4v) is 3.07.